The molecule has 0 aliphatic rings. The quantitative estimate of drug-likeness (QED) is 0.528. The van der Waals surface area contributed by atoms with E-state index in [0.29, 0.717) is 17.7 Å². The summed E-state index contributed by atoms with van der Waals surface area (Å²) < 4.78 is 0. The zero-order chi connectivity index (χ0) is 22.3. The highest BCUT2D eigenvalue weighted by Gasteiger charge is 2.14. The number of carbonyl (C=O) groups is 2. The van der Waals surface area contributed by atoms with E-state index in [-0.39, 0.29) is 27.5 Å². The van der Waals surface area contributed by atoms with Crippen LogP contribution in [0.25, 0.3) is 0 Å². The van der Waals surface area contributed by atoms with Gasteiger partial charge in [0, 0.05) is 23.4 Å². The Bertz CT molecular complexity index is 933. The van der Waals surface area contributed by atoms with E-state index in [9.17, 15) is 9.59 Å². The Balaban J connectivity index is 1.89. The van der Waals surface area contributed by atoms with E-state index < -0.39 is 0 Å². The van der Waals surface area contributed by atoms with Crippen LogP contribution in [0.3, 0.4) is 0 Å². The molecule has 0 fully saturated rings. The third kappa shape index (κ3) is 7.20. The van der Waals surface area contributed by atoms with Crippen LogP contribution in [0.4, 0.5) is 11.4 Å². The van der Waals surface area contributed by atoms with Crippen LogP contribution in [-0.2, 0) is 10.2 Å². The van der Waals surface area contributed by atoms with E-state index in [1.54, 1.807) is 43.3 Å². The summed E-state index contributed by atoms with van der Waals surface area (Å²) in [5, 5.41) is 11.6. The minimum Gasteiger partial charge on any atom is -0.332 e. The first-order valence-corrected chi connectivity index (χ1v) is 10.3. The van der Waals surface area contributed by atoms with E-state index in [1.807, 2.05) is 12.1 Å². The highest BCUT2D eigenvalue weighted by molar-refractivity contribution is 7.80. The van der Waals surface area contributed by atoms with Gasteiger partial charge in [0.15, 0.2) is 10.2 Å². The maximum atomic E-state index is 12.4. The lowest BCUT2D eigenvalue weighted by Crippen LogP contribution is -2.34. The van der Waals surface area contributed by atoms with Crippen molar-refractivity contribution in [1.82, 2.24) is 10.6 Å². The highest BCUT2D eigenvalue weighted by Crippen LogP contribution is 2.22. The molecule has 0 heterocycles. The molecule has 0 saturated heterocycles. The second-order valence-electron chi connectivity index (χ2n) is 7.67. The average Bonchev–Trinajstić information content (AvgIpc) is 2.68. The van der Waals surface area contributed by atoms with Crippen molar-refractivity contribution in [2.45, 2.75) is 39.5 Å². The Morgan fingerprint density at radius 2 is 1.27 bits per heavy atom. The van der Waals surface area contributed by atoms with Gasteiger partial charge in [0.05, 0.1) is 0 Å². The van der Waals surface area contributed by atoms with E-state index in [2.05, 4.69) is 42.0 Å². The van der Waals surface area contributed by atoms with Crippen molar-refractivity contribution >= 4 is 57.8 Å². The lowest BCUT2D eigenvalue weighted by Gasteiger charge is -2.19. The largest absolute Gasteiger partial charge is 0.332 e. The van der Waals surface area contributed by atoms with Crippen LogP contribution in [-0.4, -0.2) is 22.0 Å². The molecule has 30 heavy (non-hydrogen) atoms. The normalized spacial score (nSPS) is 10.7. The predicted molar refractivity (Wildman–Crippen MR) is 130 cm³/mol. The molecule has 2 aromatic carbocycles. The standard InChI is InChI=1S/C22H26N4O2S2/c1-5-18(27)25-20(29)23-16-10-12-17(13-11-16)24-21(30)26-19(28)14-6-8-15(9-7-14)22(2,3)4/h6-13H,5H2,1-4H3,(H2,23,25,27,29)(H2,24,26,28,30). The molecule has 0 unspecified atom stereocenters. The molecular formula is C22H26N4O2S2. The molecule has 0 saturated carbocycles. The maximum Gasteiger partial charge on any atom is 0.257 e. The van der Waals surface area contributed by atoms with Crippen molar-refractivity contribution in [1.29, 1.82) is 0 Å². The molecule has 2 amide bonds. The molecule has 2 rings (SSSR count). The Hall–Kier alpha value is -2.84. The summed E-state index contributed by atoms with van der Waals surface area (Å²) in [6, 6.07) is 14.6. The number of amides is 2. The summed E-state index contributed by atoms with van der Waals surface area (Å²) in [4.78, 5) is 23.7. The van der Waals surface area contributed by atoms with E-state index in [4.69, 9.17) is 24.4 Å². The van der Waals surface area contributed by atoms with E-state index >= 15 is 0 Å². The molecule has 0 radical (unpaired) electrons. The van der Waals surface area contributed by atoms with Crippen molar-refractivity contribution in [3.05, 3.63) is 59.7 Å². The molecule has 0 aliphatic heterocycles. The predicted octanol–water partition coefficient (Wildman–Crippen LogP) is 4.33. The first-order valence-electron chi connectivity index (χ1n) is 9.52. The molecule has 2 aromatic rings. The van der Waals surface area contributed by atoms with Crippen molar-refractivity contribution in [2.24, 2.45) is 0 Å². The number of anilines is 2. The van der Waals surface area contributed by atoms with Crippen LogP contribution in [0.15, 0.2) is 48.5 Å². The monoisotopic (exact) mass is 442 g/mol. The van der Waals surface area contributed by atoms with Gasteiger partial charge in [0.1, 0.15) is 0 Å². The fourth-order valence-corrected chi connectivity index (χ4v) is 2.92. The maximum absolute atomic E-state index is 12.4. The summed E-state index contributed by atoms with van der Waals surface area (Å²) in [6.07, 6.45) is 0.356. The van der Waals surface area contributed by atoms with Crippen LogP contribution in [0, 0.1) is 0 Å². The van der Waals surface area contributed by atoms with Crippen LogP contribution in [0.2, 0.25) is 0 Å². The SMILES string of the molecule is CCC(=O)NC(=S)Nc1ccc(NC(=S)NC(=O)c2ccc(C(C)(C)C)cc2)cc1. The summed E-state index contributed by atoms with van der Waals surface area (Å²) in [6.45, 7) is 8.12. The number of benzene rings is 2. The van der Waals surface area contributed by atoms with Gasteiger partial charge in [-0.05, 0) is 71.8 Å². The van der Waals surface area contributed by atoms with Gasteiger partial charge >= 0.3 is 0 Å². The van der Waals surface area contributed by atoms with Crippen molar-refractivity contribution in [2.75, 3.05) is 10.6 Å². The fourth-order valence-electron chi connectivity index (χ4n) is 2.47. The minimum absolute atomic E-state index is 0.0260. The Kier molecular flexibility index (Phi) is 8.02. The summed E-state index contributed by atoms with van der Waals surface area (Å²) in [5.74, 6) is -0.428. The molecule has 0 atom stereocenters. The van der Waals surface area contributed by atoms with Gasteiger partial charge in [-0.2, -0.15) is 0 Å². The third-order valence-corrected chi connectivity index (χ3v) is 4.62. The zero-order valence-electron chi connectivity index (χ0n) is 17.5. The van der Waals surface area contributed by atoms with Gasteiger partial charge in [0.25, 0.3) is 5.91 Å². The van der Waals surface area contributed by atoms with Gasteiger partial charge in [-0.15, -0.1) is 0 Å². The van der Waals surface area contributed by atoms with Crippen molar-refractivity contribution < 1.29 is 9.59 Å². The highest BCUT2D eigenvalue weighted by atomic mass is 32.1. The molecular weight excluding hydrogens is 416 g/mol. The van der Waals surface area contributed by atoms with E-state index in [1.165, 1.54) is 0 Å². The van der Waals surface area contributed by atoms with Crippen LogP contribution in [0.5, 0.6) is 0 Å². The van der Waals surface area contributed by atoms with Crippen LogP contribution in [0.1, 0.15) is 50.0 Å². The molecule has 0 spiro atoms. The Labute approximate surface area is 187 Å². The fraction of sp³-hybridized carbons (Fsp3) is 0.273. The molecule has 0 aliphatic carbocycles. The first kappa shape index (κ1) is 23.4. The third-order valence-electron chi connectivity index (χ3n) is 4.21. The smallest absolute Gasteiger partial charge is 0.257 e. The topological polar surface area (TPSA) is 82.3 Å². The molecule has 0 aromatic heterocycles. The number of hydrogen-bond donors (Lipinski definition) is 4. The van der Waals surface area contributed by atoms with Crippen LogP contribution >= 0.6 is 24.4 Å². The summed E-state index contributed by atoms with van der Waals surface area (Å²) in [7, 11) is 0. The second kappa shape index (κ2) is 10.3. The number of rotatable bonds is 4. The van der Waals surface area contributed by atoms with Gasteiger partial charge in [-0.1, -0.05) is 39.8 Å². The van der Waals surface area contributed by atoms with Gasteiger partial charge in [-0.3, -0.25) is 14.9 Å². The number of hydrogen-bond acceptors (Lipinski definition) is 4. The molecule has 158 valence electrons. The van der Waals surface area contributed by atoms with Crippen LogP contribution < -0.4 is 21.3 Å². The average molecular weight is 443 g/mol. The van der Waals surface area contributed by atoms with E-state index in [0.717, 1.165) is 11.3 Å². The minimum atomic E-state index is -0.275. The van der Waals surface area contributed by atoms with Gasteiger partial charge < -0.3 is 16.0 Å². The first-order chi connectivity index (χ1) is 14.1. The second-order valence-corrected chi connectivity index (χ2v) is 8.49. The Morgan fingerprint density at radius 1 is 0.800 bits per heavy atom. The zero-order valence-corrected chi connectivity index (χ0v) is 19.1. The van der Waals surface area contributed by atoms with Gasteiger partial charge in [0.2, 0.25) is 5.91 Å². The molecule has 8 heteroatoms. The molecule has 6 nitrogen and oxygen atoms in total. The molecule has 4 N–H and O–H groups in total. The lowest BCUT2D eigenvalue weighted by atomic mass is 9.87. The van der Waals surface area contributed by atoms with Gasteiger partial charge in [-0.25, -0.2) is 0 Å². The number of carbonyl (C=O) groups excluding carboxylic acids is 2. The number of nitrogens with one attached hydrogen (secondary N) is 4. The van der Waals surface area contributed by atoms with Crippen molar-refractivity contribution in [3.8, 4) is 0 Å². The molecule has 0 bridgehead atoms. The lowest BCUT2D eigenvalue weighted by molar-refractivity contribution is -0.119. The number of thiocarbonyl (C=S) groups is 2. The summed E-state index contributed by atoms with van der Waals surface area (Å²) >= 11 is 10.3. The van der Waals surface area contributed by atoms with Crippen molar-refractivity contribution in [3.63, 3.8) is 0 Å². The summed E-state index contributed by atoms with van der Waals surface area (Å²) in [5.41, 5.74) is 3.14. The Morgan fingerprint density at radius 3 is 1.70 bits per heavy atom.